The first-order chi connectivity index (χ1) is 14.1. The van der Waals surface area contributed by atoms with Crippen LogP contribution in [0.3, 0.4) is 0 Å². The van der Waals surface area contributed by atoms with Gasteiger partial charge in [-0.05, 0) is 48.9 Å². The number of nitrogens with two attached hydrogens (primary N) is 1. The van der Waals surface area contributed by atoms with Gasteiger partial charge in [-0.2, -0.15) is 0 Å². The average molecular weight is 419 g/mol. The van der Waals surface area contributed by atoms with Gasteiger partial charge in [0.2, 0.25) is 5.78 Å². The van der Waals surface area contributed by atoms with E-state index in [4.69, 9.17) is 22.3 Å². The van der Waals surface area contributed by atoms with Crippen molar-refractivity contribution in [1.82, 2.24) is 4.98 Å². The lowest BCUT2D eigenvalue weighted by molar-refractivity contribution is 0.104. The third-order valence-corrected chi connectivity index (χ3v) is 6.87. The molecule has 2 N–H and O–H groups in total. The van der Waals surface area contributed by atoms with E-state index in [2.05, 4.69) is 12.1 Å². The number of halogens is 1. The van der Waals surface area contributed by atoms with Crippen molar-refractivity contribution in [2.24, 2.45) is 0 Å². The lowest BCUT2D eigenvalue weighted by Crippen LogP contribution is -2.08. The fourth-order valence-electron chi connectivity index (χ4n) is 4.18. The quantitative estimate of drug-likeness (QED) is 0.396. The van der Waals surface area contributed by atoms with Crippen molar-refractivity contribution in [1.29, 1.82) is 0 Å². The SMILES string of the molecule is Nc1c(C(=O)c2cccc(Cl)c2)sc2nc(-c3ccccc3)c3c(c12)CCCC3. The van der Waals surface area contributed by atoms with Crippen molar-refractivity contribution in [2.45, 2.75) is 25.7 Å². The van der Waals surface area contributed by atoms with E-state index in [1.165, 1.54) is 22.5 Å². The highest BCUT2D eigenvalue weighted by atomic mass is 35.5. The van der Waals surface area contributed by atoms with E-state index in [9.17, 15) is 4.79 Å². The predicted molar refractivity (Wildman–Crippen MR) is 121 cm³/mol. The summed E-state index contributed by atoms with van der Waals surface area (Å²) < 4.78 is 0. The zero-order valence-corrected chi connectivity index (χ0v) is 17.3. The van der Waals surface area contributed by atoms with Gasteiger partial charge in [0.25, 0.3) is 0 Å². The standard InChI is InChI=1S/C24H19ClN2OS/c25-16-10-6-9-15(13-16)22(28)23-20(26)19-17-11-4-5-12-18(17)21(27-24(19)29-23)14-7-2-1-3-8-14/h1-3,6-10,13H,4-5,11-12,26H2. The van der Waals surface area contributed by atoms with Crippen LogP contribution in [0.25, 0.3) is 21.5 Å². The number of rotatable bonds is 3. The average Bonchev–Trinajstić information content (AvgIpc) is 3.10. The third-order valence-electron chi connectivity index (χ3n) is 5.54. The molecule has 0 amide bonds. The highest BCUT2D eigenvalue weighted by Crippen LogP contribution is 2.42. The Morgan fingerprint density at radius 1 is 1.00 bits per heavy atom. The number of pyridine rings is 1. The third kappa shape index (κ3) is 3.13. The van der Waals surface area contributed by atoms with Gasteiger partial charge in [0, 0.05) is 21.5 Å². The first kappa shape index (κ1) is 18.3. The zero-order chi connectivity index (χ0) is 20.0. The largest absolute Gasteiger partial charge is 0.397 e. The van der Waals surface area contributed by atoms with E-state index in [1.54, 1.807) is 24.3 Å². The molecule has 0 atom stereocenters. The molecule has 3 nitrogen and oxygen atoms in total. The van der Waals surface area contributed by atoms with Crippen molar-refractivity contribution in [3.63, 3.8) is 0 Å². The summed E-state index contributed by atoms with van der Waals surface area (Å²) in [5.41, 5.74) is 12.3. The highest BCUT2D eigenvalue weighted by Gasteiger charge is 2.26. The summed E-state index contributed by atoms with van der Waals surface area (Å²) in [6.07, 6.45) is 4.25. The normalized spacial score (nSPS) is 13.4. The van der Waals surface area contributed by atoms with Crippen LogP contribution in [0.2, 0.25) is 5.02 Å². The summed E-state index contributed by atoms with van der Waals surface area (Å²) in [7, 11) is 0. The summed E-state index contributed by atoms with van der Waals surface area (Å²) in [6, 6.07) is 17.3. The van der Waals surface area contributed by atoms with Gasteiger partial charge in [-0.15, -0.1) is 11.3 Å². The molecule has 0 aliphatic heterocycles. The molecule has 2 aromatic carbocycles. The van der Waals surface area contributed by atoms with Gasteiger partial charge in [-0.3, -0.25) is 4.79 Å². The minimum atomic E-state index is -0.0983. The van der Waals surface area contributed by atoms with Gasteiger partial charge in [0.05, 0.1) is 11.4 Å². The molecule has 1 aliphatic rings. The monoisotopic (exact) mass is 418 g/mol. The summed E-state index contributed by atoms with van der Waals surface area (Å²) >= 11 is 7.47. The van der Waals surface area contributed by atoms with E-state index >= 15 is 0 Å². The molecule has 0 spiro atoms. The Bertz CT molecular complexity index is 1250. The molecule has 2 aromatic heterocycles. The number of aryl methyl sites for hydroxylation is 1. The molecule has 144 valence electrons. The Morgan fingerprint density at radius 2 is 1.76 bits per heavy atom. The fraction of sp³-hybridized carbons (Fsp3) is 0.167. The second kappa shape index (κ2) is 7.29. The van der Waals surface area contributed by atoms with Gasteiger partial charge in [0.1, 0.15) is 9.71 Å². The van der Waals surface area contributed by atoms with Crippen molar-refractivity contribution in [2.75, 3.05) is 5.73 Å². The number of hydrogen-bond acceptors (Lipinski definition) is 4. The van der Waals surface area contributed by atoms with E-state index in [1.807, 2.05) is 18.2 Å². The first-order valence-corrected chi connectivity index (χ1v) is 10.9. The van der Waals surface area contributed by atoms with Crippen molar-refractivity contribution < 1.29 is 4.79 Å². The number of fused-ring (bicyclic) bond motifs is 3. The Labute approximate surface area is 178 Å². The van der Waals surface area contributed by atoms with Crippen LogP contribution in [-0.2, 0) is 12.8 Å². The molecule has 0 saturated heterocycles. The minimum Gasteiger partial charge on any atom is -0.397 e. The molecule has 0 bridgehead atoms. The Balaban J connectivity index is 1.74. The Hall–Kier alpha value is -2.69. The molecular weight excluding hydrogens is 400 g/mol. The Morgan fingerprint density at radius 3 is 2.52 bits per heavy atom. The number of nitrogens with zero attached hydrogens (tertiary/aromatic N) is 1. The topological polar surface area (TPSA) is 56.0 Å². The lowest BCUT2D eigenvalue weighted by Gasteiger charge is -2.20. The lowest BCUT2D eigenvalue weighted by atomic mass is 9.87. The smallest absolute Gasteiger partial charge is 0.205 e. The fourth-order valence-corrected chi connectivity index (χ4v) is 5.46. The minimum absolute atomic E-state index is 0.0983. The van der Waals surface area contributed by atoms with E-state index < -0.39 is 0 Å². The number of hydrogen-bond donors (Lipinski definition) is 1. The Kier molecular flexibility index (Phi) is 4.61. The second-order valence-electron chi connectivity index (χ2n) is 7.36. The molecule has 5 rings (SSSR count). The molecular formula is C24H19ClN2OS. The van der Waals surface area contributed by atoms with Gasteiger partial charge in [-0.25, -0.2) is 4.98 Å². The van der Waals surface area contributed by atoms with Gasteiger partial charge >= 0.3 is 0 Å². The molecule has 2 heterocycles. The summed E-state index contributed by atoms with van der Waals surface area (Å²) in [4.78, 5) is 19.5. The van der Waals surface area contributed by atoms with Crippen LogP contribution in [0.4, 0.5) is 5.69 Å². The molecule has 0 unspecified atom stereocenters. The van der Waals surface area contributed by atoms with Crippen LogP contribution in [0.15, 0.2) is 54.6 Å². The number of carbonyl (C=O) groups is 1. The molecule has 0 radical (unpaired) electrons. The van der Waals surface area contributed by atoms with E-state index in [0.717, 1.165) is 47.2 Å². The van der Waals surface area contributed by atoms with Crippen LogP contribution in [0.5, 0.6) is 0 Å². The number of carbonyl (C=O) groups excluding carboxylic acids is 1. The maximum Gasteiger partial charge on any atom is 0.205 e. The molecule has 1 aliphatic carbocycles. The van der Waals surface area contributed by atoms with Gasteiger partial charge in [-0.1, -0.05) is 54.1 Å². The number of ketones is 1. The van der Waals surface area contributed by atoms with Crippen LogP contribution in [0.1, 0.15) is 39.2 Å². The van der Waals surface area contributed by atoms with Gasteiger partial charge < -0.3 is 5.73 Å². The number of aromatic nitrogens is 1. The number of benzene rings is 2. The van der Waals surface area contributed by atoms with Crippen molar-refractivity contribution in [3.05, 3.63) is 81.2 Å². The molecule has 5 heteroatoms. The number of anilines is 1. The van der Waals surface area contributed by atoms with Crippen LogP contribution in [0, 0.1) is 0 Å². The van der Waals surface area contributed by atoms with Crippen LogP contribution < -0.4 is 5.73 Å². The van der Waals surface area contributed by atoms with Crippen molar-refractivity contribution in [3.8, 4) is 11.3 Å². The molecule has 29 heavy (non-hydrogen) atoms. The molecule has 0 fully saturated rings. The maximum atomic E-state index is 13.2. The first-order valence-electron chi connectivity index (χ1n) is 9.73. The van der Waals surface area contributed by atoms with Crippen molar-refractivity contribution >= 4 is 44.6 Å². The second-order valence-corrected chi connectivity index (χ2v) is 8.79. The predicted octanol–water partition coefficient (Wildman–Crippen LogP) is 6.31. The summed E-state index contributed by atoms with van der Waals surface area (Å²) in [6.45, 7) is 0. The van der Waals surface area contributed by atoms with Crippen LogP contribution in [-0.4, -0.2) is 10.8 Å². The molecule has 0 saturated carbocycles. The molecule has 4 aromatic rings. The number of nitrogen functional groups attached to an aromatic ring is 1. The highest BCUT2D eigenvalue weighted by molar-refractivity contribution is 7.21. The van der Waals surface area contributed by atoms with E-state index in [-0.39, 0.29) is 5.78 Å². The van der Waals surface area contributed by atoms with Gasteiger partial charge in [0.15, 0.2) is 0 Å². The number of thiophene rings is 1. The zero-order valence-electron chi connectivity index (χ0n) is 15.7. The van der Waals surface area contributed by atoms with E-state index in [0.29, 0.717) is 21.2 Å². The summed E-state index contributed by atoms with van der Waals surface area (Å²) in [5, 5.41) is 1.51. The maximum absolute atomic E-state index is 13.2. The summed E-state index contributed by atoms with van der Waals surface area (Å²) in [5.74, 6) is -0.0983. The van der Waals surface area contributed by atoms with Crippen LogP contribution >= 0.6 is 22.9 Å².